The van der Waals surface area contributed by atoms with E-state index in [1.807, 2.05) is 0 Å². The molecule has 0 unspecified atom stereocenters. The molecule has 1 heterocycles. The fourth-order valence-corrected chi connectivity index (χ4v) is 2.52. The highest BCUT2D eigenvalue weighted by molar-refractivity contribution is 5.83. The lowest BCUT2D eigenvalue weighted by Crippen LogP contribution is -2.15. The molecule has 0 spiro atoms. The molecule has 0 N–H and O–H groups in total. The maximum atomic E-state index is 13.7. The van der Waals surface area contributed by atoms with Gasteiger partial charge in [-0.05, 0) is 38.1 Å². The summed E-state index contributed by atoms with van der Waals surface area (Å²) in [4.78, 5) is 24.1. The van der Waals surface area contributed by atoms with E-state index in [1.54, 1.807) is 26.0 Å². The van der Waals surface area contributed by atoms with Gasteiger partial charge in [-0.2, -0.15) is 0 Å². The quantitative estimate of drug-likeness (QED) is 0.610. The number of fused-ring (bicyclic) bond motifs is 1. The second-order valence-corrected chi connectivity index (χ2v) is 5.62. The molecule has 0 saturated heterocycles. The first-order chi connectivity index (χ1) is 13.0. The molecular weight excluding hydrogens is 355 g/mol. The van der Waals surface area contributed by atoms with Gasteiger partial charge in [-0.3, -0.25) is 4.79 Å². The number of halogens is 1. The Balaban J connectivity index is 1.91. The molecular formula is C20H17FO6. The molecule has 3 aromatic rings. The largest absolute Gasteiger partial charge is 0.481 e. The predicted molar refractivity (Wildman–Crippen MR) is 95.8 cm³/mol. The fourth-order valence-electron chi connectivity index (χ4n) is 2.52. The molecule has 0 bridgehead atoms. The van der Waals surface area contributed by atoms with Gasteiger partial charge >= 0.3 is 5.97 Å². The number of para-hydroxylation sites is 1. The maximum Gasteiger partial charge on any atom is 0.344 e. The van der Waals surface area contributed by atoms with Crippen LogP contribution in [0.3, 0.4) is 0 Å². The van der Waals surface area contributed by atoms with Crippen LogP contribution in [0, 0.1) is 12.7 Å². The van der Waals surface area contributed by atoms with E-state index in [9.17, 15) is 14.0 Å². The van der Waals surface area contributed by atoms with Gasteiger partial charge < -0.3 is 18.6 Å². The SMILES string of the molecule is CCOC(=O)COc1ccc2c(=O)c(Oc3ccccc3F)coc2c1C. The smallest absolute Gasteiger partial charge is 0.344 e. The first-order valence-electron chi connectivity index (χ1n) is 8.27. The molecule has 6 nitrogen and oxygen atoms in total. The van der Waals surface area contributed by atoms with Crippen LogP contribution in [0.2, 0.25) is 0 Å². The van der Waals surface area contributed by atoms with Crippen molar-refractivity contribution in [1.29, 1.82) is 0 Å². The van der Waals surface area contributed by atoms with Crippen molar-refractivity contribution in [3.05, 3.63) is 64.3 Å². The number of ether oxygens (including phenoxy) is 3. The van der Waals surface area contributed by atoms with Crippen molar-refractivity contribution >= 4 is 16.9 Å². The number of hydrogen-bond acceptors (Lipinski definition) is 6. The number of benzene rings is 2. The van der Waals surface area contributed by atoms with Crippen LogP contribution in [-0.2, 0) is 9.53 Å². The average molecular weight is 372 g/mol. The molecule has 0 atom stereocenters. The Labute approximate surface area is 154 Å². The molecule has 2 aromatic carbocycles. The van der Waals surface area contributed by atoms with Crippen LogP contribution in [0.4, 0.5) is 4.39 Å². The van der Waals surface area contributed by atoms with Crippen LogP contribution in [0.15, 0.2) is 51.9 Å². The van der Waals surface area contributed by atoms with Gasteiger partial charge in [0.05, 0.1) is 12.0 Å². The second-order valence-electron chi connectivity index (χ2n) is 5.62. The molecule has 0 saturated carbocycles. The van der Waals surface area contributed by atoms with Gasteiger partial charge in [0.2, 0.25) is 11.2 Å². The first kappa shape index (κ1) is 18.4. The highest BCUT2D eigenvalue weighted by Crippen LogP contribution is 2.29. The van der Waals surface area contributed by atoms with Gasteiger partial charge in [-0.25, -0.2) is 9.18 Å². The fraction of sp³-hybridized carbons (Fsp3) is 0.200. The van der Waals surface area contributed by atoms with Crippen LogP contribution < -0.4 is 14.9 Å². The van der Waals surface area contributed by atoms with E-state index in [0.29, 0.717) is 16.9 Å². The zero-order valence-corrected chi connectivity index (χ0v) is 14.8. The van der Waals surface area contributed by atoms with Crippen LogP contribution in [0.25, 0.3) is 11.0 Å². The van der Waals surface area contributed by atoms with Crippen molar-refractivity contribution in [3.63, 3.8) is 0 Å². The third-order valence-electron chi connectivity index (χ3n) is 3.82. The third kappa shape index (κ3) is 3.92. The van der Waals surface area contributed by atoms with Gasteiger partial charge in [-0.15, -0.1) is 0 Å². The Morgan fingerprint density at radius 3 is 2.63 bits per heavy atom. The van der Waals surface area contributed by atoms with Crippen LogP contribution in [-0.4, -0.2) is 19.2 Å². The molecule has 0 aliphatic carbocycles. The topological polar surface area (TPSA) is 75.0 Å². The van der Waals surface area contributed by atoms with Gasteiger partial charge in [0.25, 0.3) is 0 Å². The molecule has 27 heavy (non-hydrogen) atoms. The molecule has 0 aliphatic heterocycles. The highest BCUT2D eigenvalue weighted by atomic mass is 19.1. The Kier molecular flexibility index (Phi) is 5.40. The Bertz CT molecular complexity index is 1040. The minimum Gasteiger partial charge on any atom is -0.481 e. The average Bonchev–Trinajstić information content (AvgIpc) is 2.65. The van der Waals surface area contributed by atoms with Crippen molar-refractivity contribution in [2.24, 2.45) is 0 Å². The second kappa shape index (κ2) is 7.90. The lowest BCUT2D eigenvalue weighted by atomic mass is 10.1. The zero-order valence-electron chi connectivity index (χ0n) is 14.8. The number of hydrogen-bond donors (Lipinski definition) is 0. The number of rotatable bonds is 6. The van der Waals surface area contributed by atoms with Crippen LogP contribution in [0.5, 0.6) is 17.2 Å². The first-order valence-corrected chi connectivity index (χ1v) is 8.27. The number of carbonyl (C=O) groups excluding carboxylic acids is 1. The molecule has 3 rings (SSSR count). The minimum absolute atomic E-state index is 0.0738. The normalized spacial score (nSPS) is 10.6. The van der Waals surface area contributed by atoms with Crippen LogP contribution >= 0.6 is 0 Å². The van der Waals surface area contributed by atoms with Crippen molar-refractivity contribution in [1.82, 2.24) is 0 Å². The van der Waals surface area contributed by atoms with E-state index in [-0.39, 0.29) is 30.1 Å². The van der Waals surface area contributed by atoms with Gasteiger partial charge in [0.15, 0.2) is 18.2 Å². The van der Waals surface area contributed by atoms with E-state index in [4.69, 9.17) is 18.6 Å². The third-order valence-corrected chi connectivity index (χ3v) is 3.82. The van der Waals surface area contributed by atoms with Crippen LogP contribution in [0.1, 0.15) is 12.5 Å². The molecule has 0 amide bonds. The van der Waals surface area contributed by atoms with Gasteiger partial charge in [0.1, 0.15) is 17.6 Å². The zero-order chi connectivity index (χ0) is 19.4. The highest BCUT2D eigenvalue weighted by Gasteiger charge is 2.15. The maximum absolute atomic E-state index is 13.7. The molecule has 0 aliphatic rings. The molecule has 140 valence electrons. The van der Waals surface area contributed by atoms with E-state index < -0.39 is 17.2 Å². The number of carbonyl (C=O) groups is 1. The summed E-state index contributed by atoms with van der Waals surface area (Å²) in [6.07, 6.45) is 1.12. The van der Waals surface area contributed by atoms with Crippen molar-refractivity contribution < 1.29 is 27.8 Å². The Morgan fingerprint density at radius 1 is 1.11 bits per heavy atom. The number of aryl methyl sites for hydroxylation is 1. The molecule has 0 radical (unpaired) electrons. The summed E-state index contributed by atoms with van der Waals surface area (Å²) in [5.41, 5.74) is 0.396. The summed E-state index contributed by atoms with van der Waals surface area (Å²) in [5, 5.41) is 0.254. The van der Waals surface area contributed by atoms with Gasteiger partial charge in [-0.1, -0.05) is 12.1 Å². The summed E-state index contributed by atoms with van der Waals surface area (Å²) >= 11 is 0. The minimum atomic E-state index is -0.587. The summed E-state index contributed by atoms with van der Waals surface area (Å²) in [7, 11) is 0. The summed E-state index contributed by atoms with van der Waals surface area (Å²) in [5.74, 6) is -0.896. The van der Waals surface area contributed by atoms with Crippen molar-refractivity contribution in [2.45, 2.75) is 13.8 Å². The molecule has 0 fully saturated rings. The number of esters is 1. The predicted octanol–water partition coefficient (Wildman–Crippen LogP) is 3.97. The lowest BCUT2D eigenvalue weighted by Gasteiger charge is -2.11. The van der Waals surface area contributed by atoms with E-state index >= 15 is 0 Å². The van der Waals surface area contributed by atoms with E-state index in [2.05, 4.69) is 0 Å². The Hall–Kier alpha value is -3.35. The van der Waals surface area contributed by atoms with Crippen molar-refractivity contribution in [2.75, 3.05) is 13.2 Å². The lowest BCUT2D eigenvalue weighted by molar-refractivity contribution is -0.145. The summed E-state index contributed by atoms with van der Waals surface area (Å²) < 4.78 is 34.8. The molecule has 1 aromatic heterocycles. The molecule has 7 heteroatoms. The van der Waals surface area contributed by atoms with E-state index in [1.165, 1.54) is 24.3 Å². The summed E-state index contributed by atoms with van der Waals surface area (Å²) in [6, 6.07) is 8.82. The van der Waals surface area contributed by atoms with Gasteiger partial charge in [0, 0.05) is 5.56 Å². The van der Waals surface area contributed by atoms with Crippen molar-refractivity contribution in [3.8, 4) is 17.2 Å². The monoisotopic (exact) mass is 372 g/mol. The standard InChI is InChI=1S/C20H17FO6/c1-3-24-18(22)11-25-15-9-8-13-19(23)17(10-26-20(13)12(15)2)27-16-7-5-4-6-14(16)21/h4-10H,3,11H2,1-2H3. The van der Waals surface area contributed by atoms with E-state index in [0.717, 1.165) is 6.26 Å². The summed E-state index contributed by atoms with van der Waals surface area (Å²) in [6.45, 7) is 3.41. The Morgan fingerprint density at radius 2 is 1.89 bits per heavy atom.